The molecule has 1 aromatic carbocycles. The van der Waals surface area contributed by atoms with E-state index in [4.69, 9.17) is 17.3 Å². The third-order valence-electron chi connectivity index (χ3n) is 1.61. The first kappa shape index (κ1) is 9.79. The summed E-state index contributed by atoms with van der Waals surface area (Å²) in [5.41, 5.74) is 5.67. The lowest BCUT2D eigenvalue weighted by Crippen LogP contribution is -2.26. The van der Waals surface area contributed by atoms with Crippen molar-refractivity contribution < 1.29 is 18.3 Å². The van der Waals surface area contributed by atoms with Gasteiger partial charge in [0.2, 0.25) is 0 Å². The quantitative estimate of drug-likeness (QED) is 0.746. The number of nitrogens with two attached hydrogens (primary N) is 1. The largest absolute Gasteiger partial charge is 0.586 e. The van der Waals surface area contributed by atoms with Gasteiger partial charge in [-0.05, 0) is 15.9 Å². The molecule has 0 aromatic heterocycles. The van der Waals surface area contributed by atoms with Crippen LogP contribution in [-0.4, -0.2) is 6.29 Å². The molecule has 3 nitrogen and oxygen atoms in total. The van der Waals surface area contributed by atoms with Crippen molar-refractivity contribution in [2.45, 2.75) is 6.29 Å². The predicted octanol–water partition coefficient (Wildman–Crippen LogP) is 3.01. The first-order valence-electron chi connectivity index (χ1n) is 3.44. The molecular formula is C7H3BrClF2NO2. The van der Waals surface area contributed by atoms with E-state index in [1.54, 1.807) is 0 Å². The maximum absolute atomic E-state index is 12.6. The number of fused-ring (bicyclic) bond motifs is 1. The molecule has 1 heterocycles. The van der Waals surface area contributed by atoms with Gasteiger partial charge in [0.1, 0.15) is 5.02 Å². The molecule has 2 N–H and O–H groups in total. The number of nitrogen functional groups attached to an aromatic ring is 1. The van der Waals surface area contributed by atoms with E-state index in [1.807, 2.05) is 0 Å². The number of benzene rings is 1. The van der Waals surface area contributed by atoms with Crippen molar-refractivity contribution in [3.05, 3.63) is 15.6 Å². The maximum Gasteiger partial charge on any atom is 0.586 e. The predicted molar refractivity (Wildman–Crippen MR) is 49.8 cm³/mol. The van der Waals surface area contributed by atoms with E-state index >= 15 is 0 Å². The van der Waals surface area contributed by atoms with Crippen molar-refractivity contribution in [2.24, 2.45) is 0 Å². The molecule has 0 amide bonds. The van der Waals surface area contributed by atoms with E-state index in [0.717, 1.165) is 0 Å². The van der Waals surface area contributed by atoms with Gasteiger partial charge >= 0.3 is 6.29 Å². The standard InChI is InChI=1S/C7H3BrClF2NO2/c8-4-2(12)1-3-6(5(4)9)14-7(10,11)13-3/h1H,12H2. The molecule has 0 saturated carbocycles. The summed E-state index contributed by atoms with van der Waals surface area (Å²) in [7, 11) is 0. The molecule has 1 aliphatic rings. The fourth-order valence-electron chi connectivity index (χ4n) is 1.04. The van der Waals surface area contributed by atoms with Crippen LogP contribution in [0.1, 0.15) is 0 Å². The highest BCUT2D eigenvalue weighted by atomic mass is 79.9. The average molecular weight is 286 g/mol. The lowest BCUT2D eigenvalue weighted by molar-refractivity contribution is -0.286. The lowest BCUT2D eigenvalue weighted by atomic mass is 10.3. The average Bonchev–Trinajstić information content (AvgIpc) is 2.37. The van der Waals surface area contributed by atoms with Crippen molar-refractivity contribution in [3.63, 3.8) is 0 Å². The fraction of sp³-hybridized carbons (Fsp3) is 0.143. The molecule has 7 heteroatoms. The Balaban J connectivity index is 2.59. The van der Waals surface area contributed by atoms with E-state index in [0.29, 0.717) is 4.47 Å². The Kier molecular flexibility index (Phi) is 2.01. The first-order chi connectivity index (χ1) is 6.41. The van der Waals surface area contributed by atoms with Crippen LogP contribution in [0.5, 0.6) is 11.5 Å². The van der Waals surface area contributed by atoms with E-state index < -0.39 is 6.29 Å². The Hall–Kier alpha value is -0.750. The molecule has 0 unspecified atom stereocenters. The van der Waals surface area contributed by atoms with Crippen molar-refractivity contribution in [1.82, 2.24) is 0 Å². The highest BCUT2D eigenvalue weighted by Crippen LogP contribution is 2.50. The summed E-state index contributed by atoms with van der Waals surface area (Å²) in [6, 6.07) is 1.21. The molecular weight excluding hydrogens is 283 g/mol. The van der Waals surface area contributed by atoms with Crippen molar-refractivity contribution in [3.8, 4) is 11.5 Å². The Bertz CT molecular complexity index is 413. The summed E-state index contributed by atoms with van der Waals surface area (Å²) in [4.78, 5) is 0. The van der Waals surface area contributed by atoms with Crippen LogP contribution in [0.15, 0.2) is 10.5 Å². The number of hydrogen-bond acceptors (Lipinski definition) is 3. The number of alkyl halides is 2. The van der Waals surface area contributed by atoms with Gasteiger partial charge in [0.15, 0.2) is 11.5 Å². The van der Waals surface area contributed by atoms with Crippen molar-refractivity contribution >= 4 is 33.2 Å². The summed E-state index contributed by atoms with van der Waals surface area (Å²) >= 11 is 8.74. The van der Waals surface area contributed by atoms with E-state index in [9.17, 15) is 8.78 Å². The van der Waals surface area contributed by atoms with E-state index in [-0.39, 0.29) is 22.2 Å². The van der Waals surface area contributed by atoms with Crippen molar-refractivity contribution in [2.75, 3.05) is 5.73 Å². The van der Waals surface area contributed by atoms with Crippen LogP contribution in [0.3, 0.4) is 0 Å². The molecule has 0 radical (unpaired) electrons. The summed E-state index contributed by atoms with van der Waals surface area (Å²) in [6.45, 7) is 0. The maximum atomic E-state index is 12.6. The molecule has 14 heavy (non-hydrogen) atoms. The van der Waals surface area contributed by atoms with Crippen LogP contribution in [0, 0.1) is 0 Å². The third-order valence-corrected chi connectivity index (χ3v) is 3.05. The Morgan fingerprint density at radius 2 is 2.07 bits per heavy atom. The number of halogens is 4. The zero-order chi connectivity index (χ0) is 10.5. The second-order valence-electron chi connectivity index (χ2n) is 2.59. The van der Waals surface area contributed by atoms with Gasteiger partial charge in [0, 0.05) is 6.07 Å². The zero-order valence-corrected chi connectivity index (χ0v) is 8.82. The normalized spacial score (nSPS) is 17.1. The van der Waals surface area contributed by atoms with Gasteiger partial charge in [-0.25, -0.2) is 0 Å². The van der Waals surface area contributed by atoms with Crippen LogP contribution < -0.4 is 15.2 Å². The number of hydrogen-bond donors (Lipinski definition) is 1. The summed E-state index contributed by atoms with van der Waals surface area (Å²) in [5.74, 6) is -0.376. The van der Waals surface area contributed by atoms with Crippen LogP contribution in [0.2, 0.25) is 5.02 Å². The third kappa shape index (κ3) is 1.38. The molecule has 0 bridgehead atoms. The summed E-state index contributed by atoms with van der Waals surface area (Å²) in [6.07, 6.45) is -3.68. The minimum atomic E-state index is -3.68. The fourth-order valence-corrected chi connectivity index (χ4v) is 1.58. The molecule has 0 fully saturated rings. The molecule has 0 aliphatic carbocycles. The van der Waals surface area contributed by atoms with E-state index in [1.165, 1.54) is 6.07 Å². The molecule has 0 saturated heterocycles. The number of rotatable bonds is 0. The molecule has 0 atom stereocenters. The van der Waals surface area contributed by atoms with Gasteiger partial charge < -0.3 is 15.2 Å². The van der Waals surface area contributed by atoms with Gasteiger partial charge in [-0.3, -0.25) is 0 Å². The Labute approximate surface area is 90.9 Å². The number of ether oxygens (including phenoxy) is 2. The van der Waals surface area contributed by atoms with Crippen LogP contribution in [0.4, 0.5) is 14.5 Å². The molecule has 1 aromatic rings. The zero-order valence-electron chi connectivity index (χ0n) is 6.48. The monoisotopic (exact) mass is 285 g/mol. The van der Waals surface area contributed by atoms with Gasteiger partial charge in [-0.15, -0.1) is 8.78 Å². The van der Waals surface area contributed by atoms with E-state index in [2.05, 4.69) is 25.4 Å². The molecule has 1 aliphatic heterocycles. The SMILES string of the molecule is Nc1cc2c(c(Cl)c1Br)OC(F)(F)O2. The van der Waals surface area contributed by atoms with Gasteiger partial charge in [0.05, 0.1) is 10.2 Å². The van der Waals surface area contributed by atoms with Crippen LogP contribution >= 0.6 is 27.5 Å². The van der Waals surface area contributed by atoms with Gasteiger partial charge in [-0.2, -0.15) is 0 Å². The molecule has 2 rings (SSSR count). The summed E-state index contributed by atoms with van der Waals surface area (Å²) < 4.78 is 33.9. The molecule has 76 valence electrons. The highest BCUT2D eigenvalue weighted by molar-refractivity contribution is 9.10. The topological polar surface area (TPSA) is 44.5 Å². The number of anilines is 1. The minimum absolute atomic E-state index is 0.0304. The lowest BCUT2D eigenvalue weighted by Gasteiger charge is -2.04. The van der Waals surface area contributed by atoms with Gasteiger partial charge in [-0.1, -0.05) is 11.6 Å². The van der Waals surface area contributed by atoms with Crippen molar-refractivity contribution in [1.29, 1.82) is 0 Å². The second kappa shape index (κ2) is 2.87. The molecule has 0 spiro atoms. The Morgan fingerprint density at radius 3 is 2.71 bits per heavy atom. The summed E-state index contributed by atoms with van der Waals surface area (Å²) in [5, 5.41) is -0.0304. The van der Waals surface area contributed by atoms with Crippen LogP contribution in [-0.2, 0) is 0 Å². The Morgan fingerprint density at radius 1 is 1.43 bits per heavy atom. The van der Waals surface area contributed by atoms with Crippen LogP contribution in [0.25, 0.3) is 0 Å². The second-order valence-corrected chi connectivity index (χ2v) is 3.76. The first-order valence-corrected chi connectivity index (χ1v) is 4.61. The smallest absolute Gasteiger partial charge is 0.398 e. The highest BCUT2D eigenvalue weighted by Gasteiger charge is 2.45. The van der Waals surface area contributed by atoms with Gasteiger partial charge in [0.25, 0.3) is 0 Å². The minimum Gasteiger partial charge on any atom is -0.398 e.